The number of hydrogen-bond acceptors (Lipinski definition) is 8. The van der Waals surface area contributed by atoms with Gasteiger partial charge >= 0.3 is 11.9 Å². The van der Waals surface area contributed by atoms with Gasteiger partial charge in [0.05, 0.1) is 31.5 Å². The second-order valence-electron chi connectivity index (χ2n) is 8.16. The van der Waals surface area contributed by atoms with Gasteiger partial charge in [0.15, 0.2) is 5.13 Å². The summed E-state index contributed by atoms with van der Waals surface area (Å²) in [4.78, 5) is 44.7. The molecule has 2 heterocycles. The predicted molar refractivity (Wildman–Crippen MR) is 132 cm³/mol. The molecule has 1 aliphatic rings. The van der Waals surface area contributed by atoms with Crippen LogP contribution in [0.5, 0.6) is 5.75 Å². The summed E-state index contributed by atoms with van der Waals surface area (Å²) in [5, 5.41) is 11.5. The number of aliphatic hydroxyl groups is 1. The summed E-state index contributed by atoms with van der Waals surface area (Å²) in [6, 6.07) is 11.4. The van der Waals surface area contributed by atoms with Gasteiger partial charge in [0.2, 0.25) is 0 Å². The Balaban J connectivity index is 1.94. The van der Waals surface area contributed by atoms with E-state index in [1.165, 1.54) is 19.1 Å². The van der Waals surface area contributed by atoms with Crippen LogP contribution in [0.3, 0.4) is 0 Å². The molecule has 35 heavy (non-hydrogen) atoms. The summed E-state index contributed by atoms with van der Waals surface area (Å²) in [6.45, 7) is 5.33. The number of anilines is 1. The Morgan fingerprint density at radius 3 is 2.34 bits per heavy atom. The fourth-order valence-corrected chi connectivity index (χ4v) is 5.05. The number of ketones is 1. The highest BCUT2D eigenvalue weighted by Crippen LogP contribution is 2.44. The summed E-state index contributed by atoms with van der Waals surface area (Å²) >= 11 is 0.961. The van der Waals surface area contributed by atoms with Crippen molar-refractivity contribution in [2.24, 2.45) is 0 Å². The molecule has 1 aliphatic heterocycles. The van der Waals surface area contributed by atoms with Crippen molar-refractivity contribution in [1.82, 2.24) is 4.98 Å². The SMILES string of the molecule is COC(=O)c1sc(N2C(=O)C(=O)/C(=C(\O)c3ccc(OC)cc3C)C2c2ccc(C)cc2)nc1C. The van der Waals surface area contributed by atoms with Crippen molar-refractivity contribution in [3.8, 4) is 5.75 Å². The number of carbonyl (C=O) groups excluding carboxylic acids is 3. The maximum Gasteiger partial charge on any atom is 0.350 e. The van der Waals surface area contributed by atoms with E-state index >= 15 is 0 Å². The number of nitrogens with zero attached hydrogens (tertiary/aromatic N) is 2. The number of carbonyl (C=O) groups is 3. The Bertz CT molecular complexity index is 1370. The van der Waals surface area contributed by atoms with Crippen molar-refractivity contribution >= 4 is 39.9 Å². The number of aliphatic hydroxyl groups excluding tert-OH is 1. The number of benzene rings is 2. The average Bonchev–Trinajstić information content (AvgIpc) is 3.35. The van der Waals surface area contributed by atoms with Gasteiger partial charge in [0, 0.05) is 5.56 Å². The van der Waals surface area contributed by atoms with Crippen LogP contribution in [0.2, 0.25) is 0 Å². The second-order valence-corrected chi connectivity index (χ2v) is 9.14. The Morgan fingerprint density at radius 1 is 1.06 bits per heavy atom. The van der Waals surface area contributed by atoms with E-state index < -0.39 is 23.7 Å². The van der Waals surface area contributed by atoms with Gasteiger partial charge in [0.25, 0.3) is 5.78 Å². The lowest BCUT2D eigenvalue weighted by Crippen LogP contribution is -2.29. The Labute approximate surface area is 206 Å². The number of rotatable bonds is 5. The molecule has 1 aromatic heterocycles. The summed E-state index contributed by atoms with van der Waals surface area (Å²) in [5.74, 6) is -1.95. The monoisotopic (exact) mass is 492 g/mol. The molecule has 0 radical (unpaired) electrons. The highest BCUT2D eigenvalue weighted by atomic mass is 32.1. The Morgan fingerprint density at radius 2 is 1.74 bits per heavy atom. The number of hydrogen-bond donors (Lipinski definition) is 1. The third-order valence-electron chi connectivity index (χ3n) is 5.89. The first-order valence-electron chi connectivity index (χ1n) is 10.8. The lowest BCUT2D eigenvalue weighted by molar-refractivity contribution is -0.132. The van der Waals surface area contributed by atoms with E-state index in [1.54, 1.807) is 44.2 Å². The summed E-state index contributed by atoms with van der Waals surface area (Å²) < 4.78 is 10.1. The zero-order valence-corrected chi connectivity index (χ0v) is 20.7. The Hall–Kier alpha value is -3.98. The van der Waals surface area contributed by atoms with E-state index in [2.05, 4.69) is 4.98 Å². The second kappa shape index (κ2) is 9.34. The number of amides is 1. The van der Waals surface area contributed by atoms with Gasteiger partial charge in [-0.15, -0.1) is 0 Å². The molecule has 1 atom stereocenters. The molecule has 8 nitrogen and oxygen atoms in total. The summed E-state index contributed by atoms with van der Waals surface area (Å²) in [7, 11) is 2.80. The molecule has 1 fully saturated rings. The first kappa shape index (κ1) is 24.2. The van der Waals surface area contributed by atoms with Crippen molar-refractivity contribution in [3.63, 3.8) is 0 Å². The maximum absolute atomic E-state index is 13.3. The first-order valence-corrected chi connectivity index (χ1v) is 11.6. The number of esters is 1. The minimum atomic E-state index is -0.937. The van der Waals surface area contributed by atoms with E-state index in [0.29, 0.717) is 28.1 Å². The van der Waals surface area contributed by atoms with Crippen LogP contribution in [0.1, 0.15) is 43.7 Å². The molecule has 1 saturated heterocycles. The van der Waals surface area contributed by atoms with Crippen LogP contribution in [-0.4, -0.2) is 42.0 Å². The largest absolute Gasteiger partial charge is 0.507 e. The number of methoxy groups -OCH3 is 2. The van der Waals surface area contributed by atoms with E-state index in [0.717, 1.165) is 16.9 Å². The number of thiazole rings is 1. The molecule has 1 amide bonds. The predicted octanol–water partition coefficient (Wildman–Crippen LogP) is 4.49. The molecule has 0 aliphatic carbocycles. The van der Waals surface area contributed by atoms with Gasteiger partial charge in [-0.1, -0.05) is 41.2 Å². The summed E-state index contributed by atoms with van der Waals surface area (Å²) in [6.07, 6.45) is 0. The van der Waals surface area contributed by atoms with Crippen LogP contribution in [0, 0.1) is 20.8 Å². The summed E-state index contributed by atoms with van der Waals surface area (Å²) in [5.41, 5.74) is 3.03. The third-order valence-corrected chi connectivity index (χ3v) is 7.03. The van der Waals surface area contributed by atoms with Crippen LogP contribution in [-0.2, 0) is 14.3 Å². The standard InChI is InChI=1S/C26H24N2O6S/c1-13-6-8-16(9-7-13)20-19(21(29)18-11-10-17(33-4)12-14(18)2)22(30)24(31)28(20)26-27-15(3)23(35-26)25(32)34-5/h6-12,20,29H,1-5H3/b21-19-. The van der Waals surface area contributed by atoms with Crippen molar-refractivity contribution < 1.29 is 29.0 Å². The van der Waals surface area contributed by atoms with E-state index in [-0.39, 0.29) is 21.3 Å². The van der Waals surface area contributed by atoms with Crippen molar-refractivity contribution in [1.29, 1.82) is 0 Å². The fourth-order valence-electron chi connectivity index (χ4n) is 4.04. The molecule has 2 aromatic carbocycles. The van der Waals surface area contributed by atoms with Crippen LogP contribution in [0.4, 0.5) is 5.13 Å². The molecule has 3 aromatic rings. The fraction of sp³-hybridized carbons (Fsp3) is 0.231. The first-order chi connectivity index (χ1) is 16.7. The molecule has 1 unspecified atom stereocenters. The number of aryl methyl sites for hydroxylation is 3. The van der Waals surface area contributed by atoms with Crippen LogP contribution < -0.4 is 9.64 Å². The minimum absolute atomic E-state index is 0.0559. The number of ether oxygens (including phenoxy) is 2. The zero-order valence-electron chi connectivity index (χ0n) is 19.9. The van der Waals surface area contributed by atoms with Gasteiger partial charge in [-0.25, -0.2) is 9.78 Å². The number of Topliss-reactive ketones (excluding diaryl/α,β-unsaturated/α-hetero) is 1. The van der Waals surface area contributed by atoms with Crippen molar-refractivity contribution in [2.45, 2.75) is 26.8 Å². The lowest BCUT2D eigenvalue weighted by atomic mass is 9.93. The van der Waals surface area contributed by atoms with Gasteiger partial charge in [-0.2, -0.15) is 0 Å². The third kappa shape index (κ3) is 4.19. The van der Waals surface area contributed by atoms with Gasteiger partial charge in [-0.05, 0) is 50.1 Å². The highest BCUT2D eigenvalue weighted by Gasteiger charge is 2.48. The normalized spacial score (nSPS) is 17.1. The molecule has 0 bridgehead atoms. The molecule has 0 saturated carbocycles. The van der Waals surface area contributed by atoms with Gasteiger partial charge in [0.1, 0.15) is 16.4 Å². The van der Waals surface area contributed by atoms with Crippen LogP contribution in [0.25, 0.3) is 5.76 Å². The van der Waals surface area contributed by atoms with E-state index in [4.69, 9.17) is 9.47 Å². The lowest BCUT2D eigenvalue weighted by Gasteiger charge is -2.23. The van der Waals surface area contributed by atoms with E-state index in [9.17, 15) is 19.5 Å². The number of aromatic nitrogens is 1. The molecule has 1 N–H and O–H groups in total. The molecule has 0 spiro atoms. The molecule has 180 valence electrons. The molecular formula is C26H24N2O6S. The van der Waals surface area contributed by atoms with Gasteiger partial charge in [-0.3, -0.25) is 14.5 Å². The Kier molecular flexibility index (Phi) is 6.45. The van der Waals surface area contributed by atoms with Crippen molar-refractivity contribution in [3.05, 3.63) is 80.9 Å². The van der Waals surface area contributed by atoms with Crippen LogP contribution >= 0.6 is 11.3 Å². The highest BCUT2D eigenvalue weighted by molar-refractivity contribution is 7.17. The van der Waals surface area contributed by atoms with Crippen molar-refractivity contribution in [2.75, 3.05) is 19.1 Å². The minimum Gasteiger partial charge on any atom is -0.507 e. The molecule has 9 heteroatoms. The maximum atomic E-state index is 13.3. The molecular weight excluding hydrogens is 468 g/mol. The average molecular weight is 493 g/mol. The quantitative estimate of drug-likeness (QED) is 0.242. The van der Waals surface area contributed by atoms with Gasteiger partial charge < -0.3 is 14.6 Å². The van der Waals surface area contributed by atoms with Crippen LogP contribution in [0.15, 0.2) is 48.0 Å². The molecule has 4 rings (SSSR count). The topological polar surface area (TPSA) is 106 Å². The van der Waals surface area contributed by atoms with E-state index in [1.807, 2.05) is 19.1 Å². The zero-order chi connectivity index (χ0) is 25.4. The smallest absolute Gasteiger partial charge is 0.350 e.